The molecule has 0 bridgehead atoms. The van der Waals surface area contributed by atoms with Gasteiger partial charge in [-0.05, 0) is 24.7 Å². The first-order valence-electron chi connectivity index (χ1n) is 5.10. The van der Waals surface area contributed by atoms with Crippen molar-refractivity contribution in [1.82, 2.24) is 4.90 Å². The minimum absolute atomic E-state index is 0.0694. The van der Waals surface area contributed by atoms with E-state index >= 15 is 0 Å². The Morgan fingerprint density at radius 1 is 1.08 bits per heavy atom. The van der Waals surface area contributed by atoms with E-state index in [0.717, 1.165) is 19.1 Å². The first-order chi connectivity index (χ1) is 5.68. The Balaban J connectivity index is 1.94. The molecule has 2 fully saturated rings. The number of aliphatic hydroxyl groups excluding tert-OH is 1. The smallest absolute Gasteiger partial charge is 0.0615 e. The summed E-state index contributed by atoms with van der Waals surface area (Å²) in [6, 6.07) is 0.863. The van der Waals surface area contributed by atoms with Gasteiger partial charge in [-0.1, -0.05) is 13.8 Å². The topological polar surface area (TPSA) is 23.5 Å². The molecular weight excluding hydrogens is 150 g/mol. The van der Waals surface area contributed by atoms with E-state index in [4.69, 9.17) is 0 Å². The van der Waals surface area contributed by atoms with Gasteiger partial charge in [-0.3, -0.25) is 4.90 Å². The zero-order valence-corrected chi connectivity index (χ0v) is 8.03. The molecule has 1 saturated heterocycles. The molecular formula is C10H19NO. The van der Waals surface area contributed by atoms with Crippen LogP contribution in [0.2, 0.25) is 0 Å². The van der Waals surface area contributed by atoms with Crippen LogP contribution in [0.1, 0.15) is 26.7 Å². The van der Waals surface area contributed by atoms with E-state index in [0.29, 0.717) is 11.8 Å². The first kappa shape index (κ1) is 8.52. The fourth-order valence-electron chi connectivity index (χ4n) is 2.33. The Morgan fingerprint density at radius 3 is 2.00 bits per heavy atom. The SMILES string of the molecule is CC1CN(C2CC2)CC(C)C1O. The maximum absolute atomic E-state index is 9.74. The third-order valence-electron chi connectivity index (χ3n) is 3.27. The molecule has 12 heavy (non-hydrogen) atoms. The van der Waals surface area contributed by atoms with Gasteiger partial charge >= 0.3 is 0 Å². The summed E-state index contributed by atoms with van der Waals surface area (Å²) in [6.07, 6.45) is 2.70. The highest BCUT2D eigenvalue weighted by Gasteiger charge is 2.37. The summed E-state index contributed by atoms with van der Waals surface area (Å²) in [5, 5.41) is 9.74. The molecule has 2 rings (SSSR count). The van der Waals surface area contributed by atoms with Crippen LogP contribution >= 0.6 is 0 Å². The number of hydrogen-bond acceptors (Lipinski definition) is 2. The van der Waals surface area contributed by atoms with Crippen LogP contribution in [-0.2, 0) is 0 Å². The van der Waals surface area contributed by atoms with E-state index < -0.39 is 0 Å². The predicted octanol–water partition coefficient (Wildman–Crippen LogP) is 1.10. The van der Waals surface area contributed by atoms with Gasteiger partial charge in [0.15, 0.2) is 0 Å². The van der Waals surface area contributed by atoms with Gasteiger partial charge in [0.1, 0.15) is 0 Å². The largest absolute Gasteiger partial charge is 0.392 e. The number of nitrogens with zero attached hydrogens (tertiary/aromatic N) is 1. The molecule has 0 amide bonds. The molecule has 0 aromatic carbocycles. The van der Waals surface area contributed by atoms with Crippen molar-refractivity contribution < 1.29 is 5.11 Å². The van der Waals surface area contributed by atoms with Crippen molar-refractivity contribution in [1.29, 1.82) is 0 Å². The van der Waals surface area contributed by atoms with Crippen molar-refractivity contribution in [3.05, 3.63) is 0 Å². The van der Waals surface area contributed by atoms with E-state index in [1.54, 1.807) is 0 Å². The summed E-state index contributed by atoms with van der Waals surface area (Å²) >= 11 is 0. The molecule has 0 aromatic rings. The molecule has 2 atom stereocenters. The first-order valence-corrected chi connectivity index (χ1v) is 5.10. The van der Waals surface area contributed by atoms with Crippen molar-refractivity contribution in [2.75, 3.05) is 13.1 Å². The second-order valence-electron chi connectivity index (χ2n) is 4.63. The Hall–Kier alpha value is -0.0800. The van der Waals surface area contributed by atoms with Gasteiger partial charge in [-0.15, -0.1) is 0 Å². The van der Waals surface area contributed by atoms with Gasteiger partial charge in [0.25, 0.3) is 0 Å². The summed E-state index contributed by atoms with van der Waals surface area (Å²) in [4.78, 5) is 2.56. The maximum atomic E-state index is 9.74. The monoisotopic (exact) mass is 169 g/mol. The Kier molecular flexibility index (Phi) is 2.13. The second-order valence-corrected chi connectivity index (χ2v) is 4.63. The molecule has 2 unspecified atom stereocenters. The summed E-state index contributed by atoms with van der Waals surface area (Å²) in [5.41, 5.74) is 0. The molecule has 1 saturated carbocycles. The number of piperidine rings is 1. The van der Waals surface area contributed by atoms with Gasteiger partial charge in [0.05, 0.1) is 6.10 Å². The molecule has 0 aromatic heterocycles. The highest BCUT2D eigenvalue weighted by atomic mass is 16.3. The predicted molar refractivity (Wildman–Crippen MR) is 48.9 cm³/mol. The molecule has 1 N–H and O–H groups in total. The summed E-state index contributed by atoms with van der Waals surface area (Å²) < 4.78 is 0. The van der Waals surface area contributed by atoms with E-state index in [1.165, 1.54) is 12.8 Å². The van der Waals surface area contributed by atoms with Crippen LogP contribution in [0.5, 0.6) is 0 Å². The lowest BCUT2D eigenvalue weighted by Crippen LogP contribution is -2.48. The van der Waals surface area contributed by atoms with Crippen LogP contribution in [0.3, 0.4) is 0 Å². The molecule has 2 heteroatoms. The van der Waals surface area contributed by atoms with Crippen molar-refractivity contribution in [2.45, 2.75) is 38.8 Å². The van der Waals surface area contributed by atoms with Gasteiger partial charge in [-0.2, -0.15) is 0 Å². The van der Waals surface area contributed by atoms with Crippen LogP contribution < -0.4 is 0 Å². The molecule has 2 aliphatic rings. The van der Waals surface area contributed by atoms with E-state index in [2.05, 4.69) is 18.7 Å². The second kappa shape index (κ2) is 3.00. The number of rotatable bonds is 1. The van der Waals surface area contributed by atoms with Crippen molar-refractivity contribution in [3.8, 4) is 0 Å². The number of aliphatic hydroxyl groups is 1. The Labute approximate surface area is 74.6 Å². The minimum Gasteiger partial charge on any atom is -0.392 e. The molecule has 1 aliphatic carbocycles. The van der Waals surface area contributed by atoms with E-state index in [9.17, 15) is 5.11 Å². The van der Waals surface area contributed by atoms with Crippen LogP contribution in [0, 0.1) is 11.8 Å². The van der Waals surface area contributed by atoms with Crippen molar-refractivity contribution in [2.24, 2.45) is 11.8 Å². The van der Waals surface area contributed by atoms with E-state index in [-0.39, 0.29) is 6.10 Å². The number of likely N-dealkylation sites (tertiary alicyclic amines) is 1. The summed E-state index contributed by atoms with van der Waals surface area (Å²) in [7, 11) is 0. The molecule has 70 valence electrons. The van der Waals surface area contributed by atoms with Gasteiger partial charge in [0, 0.05) is 19.1 Å². The lowest BCUT2D eigenvalue weighted by molar-refractivity contribution is -0.0107. The number of hydrogen-bond donors (Lipinski definition) is 1. The van der Waals surface area contributed by atoms with Crippen LogP contribution in [0.15, 0.2) is 0 Å². The average Bonchev–Trinajstić information content (AvgIpc) is 2.81. The maximum Gasteiger partial charge on any atom is 0.0615 e. The molecule has 2 nitrogen and oxygen atoms in total. The fourth-order valence-corrected chi connectivity index (χ4v) is 2.33. The van der Waals surface area contributed by atoms with Crippen LogP contribution in [0.25, 0.3) is 0 Å². The molecule has 0 spiro atoms. The standard InChI is InChI=1S/C10H19NO/c1-7-5-11(9-3-4-9)6-8(2)10(7)12/h7-10,12H,3-6H2,1-2H3. The normalized spacial score (nSPS) is 44.8. The molecule has 0 radical (unpaired) electrons. The highest BCUT2D eigenvalue weighted by molar-refractivity contribution is 4.91. The average molecular weight is 169 g/mol. The van der Waals surface area contributed by atoms with Gasteiger partial charge in [-0.25, -0.2) is 0 Å². The Bertz CT molecular complexity index is 155. The van der Waals surface area contributed by atoms with Crippen molar-refractivity contribution in [3.63, 3.8) is 0 Å². The molecule has 1 heterocycles. The lowest BCUT2D eigenvalue weighted by atomic mass is 9.88. The lowest BCUT2D eigenvalue weighted by Gasteiger charge is -2.38. The van der Waals surface area contributed by atoms with Crippen LogP contribution in [-0.4, -0.2) is 35.2 Å². The van der Waals surface area contributed by atoms with Gasteiger partial charge < -0.3 is 5.11 Å². The highest BCUT2D eigenvalue weighted by Crippen LogP contribution is 2.32. The fraction of sp³-hybridized carbons (Fsp3) is 1.00. The summed E-state index contributed by atoms with van der Waals surface area (Å²) in [5.74, 6) is 0.934. The quantitative estimate of drug-likeness (QED) is 0.635. The van der Waals surface area contributed by atoms with Crippen LogP contribution in [0.4, 0.5) is 0 Å². The third-order valence-corrected chi connectivity index (χ3v) is 3.27. The molecule has 1 aliphatic heterocycles. The Morgan fingerprint density at radius 2 is 1.58 bits per heavy atom. The summed E-state index contributed by atoms with van der Waals surface area (Å²) in [6.45, 7) is 6.54. The minimum atomic E-state index is -0.0694. The zero-order valence-electron chi connectivity index (χ0n) is 8.03. The van der Waals surface area contributed by atoms with E-state index in [1.807, 2.05) is 0 Å². The zero-order chi connectivity index (χ0) is 8.72. The van der Waals surface area contributed by atoms with Gasteiger partial charge in [0.2, 0.25) is 0 Å². The van der Waals surface area contributed by atoms with Crippen molar-refractivity contribution >= 4 is 0 Å². The third kappa shape index (κ3) is 1.50.